The Bertz CT molecular complexity index is 790. The highest BCUT2D eigenvalue weighted by atomic mass is 79.9. The van der Waals surface area contributed by atoms with Crippen molar-refractivity contribution >= 4 is 38.5 Å². The minimum atomic E-state index is -0.358. The topological polar surface area (TPSA) is 35.3 Å². The number of aromatic nitrogens is 1. The Morgan fingerprint density at radius 1 is 1.29 bits per heavy atom. The highest BCUT2D eigenvalue weighted by Gasteiger charge is 2.16. The lowest BCUT2D eigenvalue weighted by Crippen LogP contribution is -1.98. The molecule has 1 heterocycles. The van der Waals surface area contributed by atoms with Crippen molar-refractivity contribution in [3.63, 3.8) is 0 Å². The molecule has 0 aliphatic carbocycles. The summed E-state index contributed by atoms with van der Waals surface area (Å²) < 4.78 is 24.6. The van der Waals surface area contributed by atoms with Gasteiger partial charge in [-0.15, -0.1) is 0 Å². The number of benzene rings is 2. The molecule has 0 saturated carbocycles. The van der Waals surface area contributed by atoms with Crippen LogP contribution in [0.15, 0.2) is 40.9 Å². The van der Waals surface area contributed by atoms with Crippen molar-refractivity contribution in [2.24, 2.45) is 0 Å². The molecular weight excluding hydrogens is 361 g/mol. The molecule has 0 amide bonds. The summed E-state index contributed by atoms with van der Waals surface area (Å²) in [6, 6.07) is 9.74. The van der Waals surface area contributed by atoms with Crippen molar-refractivity contribution in [3.8, 4) is 17.0 Å². The summed E-state index contributed by atoms with van der Waals surface area (Å²) in [6.45, 7) is 0.486. The number of hydrogen-bond acceptors (Lipinski definition) is 3. The molecule has 0 bridgehead atoms. The molecular formula is C15H10BrClFNO2. The van der Waals surface area contributed by atoms with Crippen LogP contribution in [0.1, 0.15) is 0 Å². The maximum Gasteiger partial charge on any atom is 0.171 e. The van der Waals surface area contributed by atoms with E-state index in [1.165, 1.54) is 6.07 Å². The van der Waals surface area contributed by atoms with E-state index in [9.17, 15) is 4.39 Å². The quantitative estimate of drug-likeness (QED) is 0.602. The van der Waals surface area contributed by atoms with E-state index >= 15 is 0 Å². The van der Waals surface area contributed by atoms with Crippen LogP contribution in [0.2, 0.25) is 5.02 Å². The van der Waals surface area contributed by atoms with Crippen LogP contribution in [0.3, 0.4) is 0 Å². The minimum absolute atomic E-state index is 0.358. The third-order valence-electron chi connectivity index (χ3n) is 2.99. The van der Waals surface area contributed by atoms with Gasteiger partial charge in [-0.3, -0.25) is 0 Å². The average molecular weight is 371 g/mol. The van der Waals surface area contributed by atoms with Gasteiger partial charge in [0, 0.05) is 17.0 Å². The highest BCUT2D eigenvalue weighted by molar-refractivity contribution is 9.09. The molecule has 21 heavy (non-hydrogen) atoms. The summed E-state index contributed by atoms with van der Waals surface area (Å²) in [7, 11) is 0. The number of alkyl halides is 1. The molecule has 108 valence electrons. The fourth-order valence-corrected chi connectivity index (χ4v) is 2.43. The smallest absolute Gasteiger partial charge is 0.171 e. The second kappa shape index (κ2) is 6.03. The van der Waals surface area contributed by atoms with Gasteiger partial charge in [0.2, 0.25) is 0 Å². The molecule has 0 spiro atoms. The lowest BCUT2D eigenvalue weighted by atomic mass is 10.1. The lowest BCUT2D eigenvalue weighted by Gasteiger charge is -2.06. The van der Waals surface area contributed by atoms with Crippen molar-refractivity contribution in [3.05, 3.63) is 47.2 Å². The molecule has 0 unspecified atom stereocenters. The average Bonchev–Trinajstić information content (AvgIpc) is 2.88. The van der Waals surface area contributed by atoms with Crippen LogP contribution in [-0.4, -0.2) is 17.1 Å². The molecule has 3 rings (SSSR count). The van der Waals surface area contributed by atoms with E-state index in [2.05, 4.69) is 21.1 Å². The van der Waals surface area contributed by atoms with Gasteiger partial charge in [-0.1, -0.05) is 44.8 Å². The Hall–Kier alpha value is -1.59. The van der Waals surface area contributed by atoms with E-state index < -0.39 is 0 Å². The van der Waals surface area contributed by atoms with E-state index in [0.717, 1.165) is 0 Å². The summed E-state index contributed by atoms with van der Waals surface area (Å²) in [5.41, 5.74) is 1.31. The third-order valence-corrected chi connectivity index (χ3v) is 3.61. The minimum Gasteiger partial charge on any atom is -0.491 e. The Morgan fingerprint density at radius 2 is 2.10 bits per heavy atom. The van der Waals surface area contributed by atoms with Gasteiger partial charge in [0.1, 0.15) is 17.3 Å². The number of hydrogen-bond donors (Lipinski definition) is 0. The summed E-state index contributed by atoms with van der Waals surface area (Å²) in [5, 5.41) is 5.73. The van der Waals surface area contributed by atoms with Crippen LogP contribution < -0.4 is 4.74 Å². The second-order valence-electron chi connectivity index (χ2n) is 4.33. The van der Waals surface area contributed by atoms with Gasteiger partial charge in [0.15, 0.2) is 5.58 Å². The first-order valence-corrected chi connectivity index (χ1v) is 7.73. The van der Waals surface area contributed by atoms with Crippen molar-refractivity contribution in [1.29, 1.82) is 0 Å². The molecule has 0 aliphatic heterocycles. The van der Waals surface area contributed by atoms with Crippen LogP contribution in [0.25, 0.3) is 22.2 Å². The molecule has 0 fully saturated rings. The fraction of sp³-hybridized carbons (Fsp3) is 0.133. The predicted molar refractivity (Wildman–Crippen MR) is 83.7 cm³/mol. The van der Waals surface area contributed by atoms with Gasteiger partial charge < -0.3 is 9.26 Å². The summed E-state index contributed by atoms with van der Waals surface area (Å²) in [5.74, 6) is 0.156. The SMILES string of the molecule is Fc1ccccc1-c1noc2cc(OCCBr)c(Cl)cc12. The maximum atomic E-state index is 13.9. The molecule has 6 heteroatoms. The van der Waals surface area contributed by atoms with Crippen LogP contribution in [0, 0.1) is 5.82 Å². The molecule has 0 atom stereocenters. The number of fused-ring (bicyclic) bond motifs is 1. The third kappa shape index (κ3) is 2.76. The van der Waals surface area contributed by atoms with Gasteiger partial charge >= 0.3 is 0 Å². The summed E-state index contributed by atoms with van der Waals surface area (Å²) >= 11 is 9.47. The van der Waals surface area contributed by atoms with E-state index in [1.807, 2.05) is 0 Å². The van der Waals surface area contributed by atoms with E-state index in [0.29, 0.717) is 44.9 Å². The van der Waals surface area contributed by atoms with E-state index in [-0.39, 0.29) is 5.82 Å². The lowest BCUT2D eigenvalue weighted by molar-refractivity contribution is 0.344. The van der Waals surface area contributed by atoms with Gasteiger partial charge in [-0.25, -0.2) is 4.39 Å². The number of ether oxygens (including phenoxy) is 1. The van der Waals surface area contributed by atoms with Gasteiger partial charge in [0.25, 0.3) is 0 Å². The first kappa shape index (κ1) is 14.4. The maximum absolute atomic E-state index is 13.9. The molecule has 3 aromatic rings. The van der Waals surface area contributed by atoms with Crippen LogP contribution in [-0.2, 0) is 0 Å². The zero-order valence-corrected chi connectivity index (χ0v) is 13.1. The largest absolute Gasteiger partial charge is 0.491 e. The zero-order chi connectivity index (χ0) is 14.8. The van der Waals surface area contributed by atoms with Crippen LogP contribution >= 0.6 is 27.5 Å². The first-order chi connectivity index (χ1) is 10.2. The number of halogens is 3. The van der Waals surface area contributed by atoms with Crippen LogP contribution in [0.5, 0.6) is 5.75 Å². The van der Waals surface area contributed by atoms with E-state index in [4.69, 9.17) is 20.9 Å². The Balaban J connectivity index is 2.11. The molecule has 0 saturated heterocycles. The van der Waals surface area contributed by atoms with Crippen molar-refractivity contribution < 1.29 is 13.7 Å². The Labute approximate surface area is 133 Å². The van der Waals surface area contributed by atoms with Gasteiger partial charge in [0.05, 0.1) is 17.0 Å². The molecule has 1 aromatic heterocycles. The monoisotopic (exact) mass is 369 g/mol. The molecule has 0 aliphatic rings. The number of rotatable bonds is 4. The van der Waals surface area contributed by atoms with Crippen molar-refractivity contribution in [2.75, 3.05) is 11.9 Å². The van der Waals surface area contributed by atoms with E-state index in [1.54, 1.807) is 30.3 Å². The zero-order valence-electron chi connectivity index (χ0n) is 10.8. The molecule has 2 aromatic carbocycles. The summed E-state index contributed by atoms with van der Waals surface area (Å²) in [4.78, 5) is 0. The first-order valence-electron chi connectivity index (χ1n) is 6.23. The van der Waals surface area contributed by atoms with Crippen LogP contribution in [0.4, 0.5) is 4.39 Å². The molecule has 0 radical (unpaired) electrons. The van der Waals surface area contributed by atoms with Gasteiger partial charge in [-0.05, 0) is 18.2 Å². The fourth-order valence-electron chi connectivity index (χ4n) is 2.05. The predicted octanol–water partition coefficient (Wildman–Crippen LogP) is 5.06. The summed E-state index contributed by atoms with van der Waals surface area (Å²) in [6.07, 6.45) is 0. The second-order valence-corrected chi connectivity index (χ2v) is 5.53. The van der Waals surface area contributed by atoms with Crippen molar-refractivity contribution in [2.45, 2.75) is 0 Å². The standard InChI is InChI=1S/C15H10BrClFNO2/c16-5-6-20-14-8-13-10(7-11(14)17)15(19-21-13)9-3-1-2-4-12(9)18/h1-4,7-8H,5-6H2. The van der Waals surface area contributed by atoms with Crippen molar-refractivity contribution in [1.82, 2.24) is 5.16 Å². The normalized spacial score (nSPS) is 11.0. The highest BCUT2D eigenvalue weighted by Crippen LogP contribution is 2.36. The number of nitrogens with zero attached hydrogens (tertiary/aromatic N) is 1. The molecule has 0 N–H and O–H groups in total. The van der Waals surface area contributed by atoms with Gasteiger partial charge in [-0.2, -0.15) is 0 Å². The Morgan fingerprint density at radius 3 is 2.86 bits per heavy atom. The Kier molecular flexibility index (Phi) is 4.12. The molecule has 3 nitrogen and oxygen atoms in total.